The van der Waals surface area contributed by atoms with Crippen molar-refractivity contribution in [3.8, 4) is 17.2 Å². The van der Waals surface area contributed by atoms with Crippen molar-refractivity contribution in [3.63, 3.8) is 0 Å². The maximum absolute atomic E-state index is 13.9. The molecule has 1 aliphatic rings. The van der Waals surface area contributed by atoms with Crippen LogP contribution in [0, 0.1) is 5.92 Å². The fourth-order valence-electron chi connectivity index (χ4n) is 4.66. The molecule has 1 amide bonds. The monoisotopic (exact) mass is 481 g/mol. The number of amides is 1. The molecule has 3 aromatic rings. The Bertz CT molecular complexity index is 1210. The number of unbranched alkanes of at least 4 members (excludes halogenated alkanes) is 2. The molecule has 0 saturated heterocycles. The van der Waals surface area contributed by atoms with E-state index in [1.165, 1.54) is 14.2 Å². The predicted molar refractivity (Wildman–Crippen MR) is 131 cm³/mol. The molecular weight excluding hydrogens is 450 g/mol. The number of esters is 1. The number of benzene rings is 2. The standard InChI is InChI=1S/C26H31N3O6/c1-5-7-10-13-28-24(31)21(25(32)35-6-2)22(16-14-19(33-3)23(30)20(15-16)34-4)29-18-12-9-8-11-17(18)27-26(28)29/h8-9,11-12,14-15,21-22,30H,5-7,10,13H2,1-4H3/t21-,22+/m1/s1. The quantitative estimate of drug-likeness (QED) is 0.279. The Hall–Kier alpha value is -3.75. The number of para-hydroxylation sites is 2. The minimum absolute atomic E-state index is 0.144. The van der Waals surface area contributed by atoms with E-state index < -0.39 is 17.9 Å². The Morgan fingerprint density at radius 2 is 1.77 bits per heavy atom. The second-order valence-electron chi connectivity index (χ2n) is 8.42. The highest BCUT2D eigenvalue weighted by Gasteiger charge is 2.48. The van der Waals surface area contributed by atoms with Crippen molar-refractivity contribution in [2.24, 2.45) is 5.92 Å². The van der Waals surface area contributed by atoms with Crippen LogP contribution in [0.1, 0.15) is 44.7 Å². The zero-order valence-electron chi connectivity index (χ0n) is 20.5. The van der Waals surface area contributed by atoms with Crippen LogP contribution in [0.3, 0.4) is 0 Å². The van der Waals surface area contributed by atoms with Crippen molar-refractivity contribution in [1.82, 2.24) is 9.55 Å². The van der Waals surface area contributed by atoms with Gasteiger partial charge in [-0.2, -0.15) is 0 Å². The van der Waals surface area contributed by atoms with Gasteiger partial charge in [-0.25, -0.2) is 4.98 Å². The Kier molecular flexibility index (Phi) is 7.14. The number of hydrogen-bond acceptors (Lipinski definition) is 7. The van der Waals surface area contributed by atoms with Crippen LogP contribution < -0.4 is 14.4 Å². The molecule has 1 aromatic heterocycles. The molecule has 4 rings (SSSR count). The van der Waals surface area contributed by atoms with Gasteiger partial charge in [0, 0.05) is 6.54 Å². The lowest BCUT2D eigenvalue weighted by atomic mass is 9.89. The van der Waals surface area contributed by atoms with E-state index in [-0.39, 0.29) is 29.8 Å². The summed E-state index contributed by atoms with van der Waals surface area (Å²) >= 11 is 0. The van der Waals surface area contributed by atoms with Gasteiger partial charge in [-0.3, -0.25) is 14.5 Å². The topological polar surface area (TPSA) is 103 Å². The average Bonchev–Trinajstić information content (AvgIpc) is 3.24. The van der Waals surface area contributed by atoms with Crippen LogP contribution in [0.25, 0.3) is 11.0 Å². The number of nitrogens with zero attached hydrogens (tertiary/aromatic N) is 3. The fourth-order valence-corrected chi connectivity index (χ4v) is 4.66. The third kappa shape index (κ3) is 4.26. The molecule has 2 atom stereocenters. The third-order valence-corrected chi connectivity index (χ3v) is 6.31. The van der Waals surface area contributed by atoms with E-state index in [0.29, 0.717) is 23.6 Å². The summed E-state index contributed by atoms with van der Waals surface area (Å²) in [5.74, 6) is -1.47. The minimum Gasteiger partial charge on any atom is -0.502 e. The number of imidazole rings is 1. The maximum Gasteiger partial charge on any atom is 0.321 e. The number of fused-ring (bicyclic) bond motifs is 3. The number of phenolic OH excluding ortho intramolecular Hbond substituents is 1. The minimum atomic E-state index is -1.15. The van der Waals surface area contributed by atoms with Gasteiger partial charge in [0.1, 0.15) is 0 Å². The maximum atomic E-state index is 13.9. The highest BCUT2D eigenvalue weighted by atomic mass is 16.5. The van der Waals surface area contributed by atoms with Crippen molar-refractivity contribution < 1.29 is 28.9 Å². The molecular formula is C26H31N3O6. The lowest BCUT2D eigenvalue weighted by Crippen LogP contribution is -2.50. The zero-order chi connectivity index (χ0) is 25.1. The van der Waals surface area contributed by atoms with Gasteiger partial charge in [0.2, 0.25) is 17.6 Å². The number of hydrogen-bond donors (Lipinski definition) is 1. The Balaban J connectivity index is 1.99. The van der Waals surface area contributed by atoms with E-state index in [0.717, 1.165) is 24.8 Å². The van der Waals surface area contributed by atoms with Gasteiger partial charge in [0.25, 0.3) is 0 Å². The van der Waals surface area contributed by atoms with E-state index in [2.05, 4.69) is 6.92 Å². The second kappa shape index (κ2) is 10.2. The van der Waals surface area contributed by atoms with Gasteiger partial charge in [0.05, 0.1) is 37.9 Å². The summed E-state index contributed by atoms with van der Waals surface area (Å²) in [6.07, 6.45) is 2.73. The molecule has 1 N–H and O–H groups in total. The van der Waals surface area contributed by atoms with Crippen molar-refractivity contribution in [2.45, 2.75) is 39.2 Å². The lowest BCUT2D eigenvalue weighted by Gasteiger charge is -2.38. The first-order chi connectivity index (χ1) is 17.0. The van der Waals surface area contributed by atoms with Gasteiger partial charge in [-0.05, 0) is 43.2 Å². The van der Waals surface area contributed by atoms with Crippen molar-refractivity contribution in [2.75, 3.05) is 32.3 Å². The number of aromatic hydroxyl groups is 1. The van der Waals surface area contributed by atoms with Crippen LogP contribution in [0.4, 0.5) is 5.95 Å². The van der Waals surface area contributed by atoms with Crippen LogP contribution in [0.15, 0.2) is 36.4 Å². The highest BCUT2D eigenvalue weighted by Crippen LogP contribution is 2.46. The molecule has 9 heteroatoms. The number of rotatable bonds is 9. The molecule has 0 spiro atoms. The summed E-state index contributed by atoms with van der Waals surface area (Å²) in [7, 11) is 2.86. The summed E-state index contributed by atoms with van der Waals surface area (Å²) in [4.78, 5) is 33.6. The van der Waals surface area contributed by atoms with Gasteiger partial charge < -0.3 is 23.9 Å². The lowest BCUT2D eigenvalue weighted by molar-refractivity contribution is -0.153. The molecule has 186 valence electrons. The van der Waals surface area contributed by atoms with E-state index in [1.54, 1.807) is 24.0 Å². The average molecular weight is 482 g/mol. The Labute approximate surface area is 204 Å². The molecule has 0 radical (unpaired) electrons. The Morgan fingerprint density at radius 3 is 2.40 bits per heavy atom. The van der Waals surface area contributed by atoms with E-state index in [1.807, 2.05) is 28.8 Å². The molecule has 2 aromatic carbocycles. The molecule has 1 aliphatic heterocycles. The summed E-state index contributed by atoms with van der Waals surface area (Å²) in [6.45, 7) is 4.39. The zero-order valence-corrected chi connectivity index (χ0v) is 20.5. The summed E-state index contributed by atoms with van der Waals surface area (Å²) in [6, 6.07) is 10.0. The molecule has 0 aliphatic carbocycles. The Morgan fingerprint density at radius 1 is 1.09 bits per heavy atom. The number of carbonyl (C=O) groups excluding carboxylic acids is 2. The number of phenols is 1. The fraction of sp³-hybridized carbons (Fsp3) is 0.423. The van der Waals surface area contributed by atoms with Crippen molar-refractivity contribution in [3.05, 3.63) is 42.0 Å². The van der Waals surface area contributed by atoms with Gasteiger partial charge in [-0.15, -0.1) is 0 Å². The van der Waals surface area contributed by atoms with Crippen LogP contribution in [-0.2, 0) is 14.3 Å². The summed E-state index contributed by atoms with van der Waals surface area (Å²) in [5.41, 5.74) is 2.05. The first-order valence-corrected chi connectivity index (χ1v) is 11.9. The van der Waals surface area contributed by atoms with E-state index in [9.17, 15) is 14.7 Å². The number of anilines is 1. The van der Waals surface area contributed by atoms with E-state index >= 15 is 0 Å². The third-order valence-electron chi connectivity index (χ3n) is 6.31. The number of carbonyl (C=O) groups is 2. The van der Waals surface area contributed by atoms with Crippen molar-refractivity contribution in [1.29, 1.82) is 0 Å². The molecule has 0 bridgehead atoms. The second-order valence-corrected chi connectivity index (χ2v) is 8.42. The molecule has 2 heterocycles. The molecule has 0 fully saturated rings. The van der Waals surface area contributed by atoms with Crippen LogP contribution >= 0.6 is 0 Å². The van der Waals surface area contributed by atoms with Crippen LogP contribution in [0.5, 0.6) is 17.2 Å². The smallest absolute Gasteiger partial charge is 0.321 e. The molecule has 35 heavy (non-hydrogen) atoms. The summed E-state index contributed by atoms with van der Waals surface area (Å²) in [5, 5.41) is 10.5. The largest absolute Gasteiger partial charge is 0.502 e. The van der Waals surface area contributed by atoms with Gasteiger partial charge in [0.15, 0.2) is 17.4 Å². The molecule has 9 nitrogen and oxygen atoms in total. The van der Waals surface area contributed by atoms with Crippen molar-refractivity contribution >= 4 is 28.9 Å². The first kappa shape index (κ1) is 24.4. The normalized spacial score (nSPS) is 17.4. The summed E-state index contributed by atoms with van der Waals surface area (Å²) < 4.78 is 18.0. The SMILES string of the molecule is CCCCCN1C(=O)[C@H](C(=O)OCC)[C@H](c2cc(OC)c(O)c(OC)c2)n2c1nc1ccccc12. The van der Waals surface area contributed by atoms with E-state index in [4.69, 9.17) is 19.2 Å². The number of aromatic nitrogens is 2. The first-order valence-electron chi connectivity index (χ1n) is 11.9. The number of methoxy groups -OCH3 is 2. The van der Waals surface area contributed by atoms with Crippen LogP contribution in [0.2, 0.25) is 0 Å². The predicted octanol–water partition coefficient (Wildman–Crippen LogP) is 4.06. The van der Waals surface area contributed by atoms with Crippen LogP contribution in [-0.4, -0.2) is 53.9 Å². The highest BCUT2D eigenvalue weighted by molar-refractivity contribution is 6.08. The number of ether oxygens (including phenoxy) is 3. The van der Waals surface area contributed by atoms with Gasteiger partial charge >= 0.3 is 5.97 Å². The van der Waals surface area contributed by atoms with Gasteiger partial charge in [-0.1, -0.05) is 31.9 Å². The molecule has 0 saturated carbocycles. The molecule has 0 unspecified atom stereocenters.